The van der Waals surface area contributed by atoms with Crippen LogP contribution in [0, 0.1) is 5.92 Å². The number of benzene rings is 6. The van der Waals surface area contributed by atoms with Gasteiger partial charge in [0.2, 0.25) is 0 Å². The van der Waals surface area contributed by atoms with Crippen molar-refractivity contribution in [3.8, 4) is 34.2 Å². The van der Waals surface area contributed by atoms with Gasteiger partial charge >= 0.3 is 0 Å². The SMILES string of the molecule is c1ccc(C2=NC(c3ccccc3)C3Cc4ccc(cc4)-c4nc(-c5ccccc5)nc(n4)-c4cccc5oc6ccc(cc6c45)C3=N2)cc1. The van der Waals surface area contributed by atoms with Crippen LogP contribution in [0.15, 0.2) is 166 Å². The zero-order chi connectivity index (χ0) is 33.0. The number of furan rings is 1. The predicted molar refractivity (Wildman–Crippen MR) is 199 cm³/mol. The minimum Gasteiger partial charge on any atom is -0.456 e. The average Bonchev–Trinajstić information content (AvgIpc) is 3.57. The Morgan fingerprint density at radius 3 is 1.90 bits per heavy atom. The number of aromatic nitrogens is 3. The number of rotatable bonds is 3. The summed E-state index contributed by atoms with van der Waals surface area (Å²) in [4.78, 5) is 25.9. The highest BCUT2D eigenvalue weighted by atomic mass is 16.3. The summed E-state index contributed by atoms with van der Waals surface area (Å²) >= 11 is 0. The quantitative estimate of drug-likeness (QED) is 0.192. The van der Waals surface area contributed by atoms with Crippen LogP contribution in [0.5, 0.6) is 0 Å². The molecule has 0 fully saturated rings. The molecule has 3 aliphatic rings. The van der Waals surface area contributed by atoms with Crippen molar-refractivity contribution in [3.63, 3.8) is 0 Å². The lowest BCUT2D eigenvalue weighted by molar-refractivity contribution is 0.545. The van der Waals surface area contributed by atoms with Crippen LogP contribution >= 0.6 is 0 Å². The molecule has 236 valence electrons. The van der Waals surface area contributed by atoms with E-state index in [-0.39, 0.29) is 12.0 Å². The molecule has 2 aromatic heterocycles. The first-order valence-corrected chi connectivity index (χ1v) is 16.9. The fourth-order valence-electron chi connectivity index (χ4n) is 7.33. The fraction of sp³-hybridized carbons (Fsp3) is 0.0682. The van der Waals surface area contributed by atoms with E-state index >= 15 is 0 Å². The van der Waals surface area contributed by atoms with Crippen LogP contribution in [0.25, 0.3) is 56.1 Å². The number of hydrogen-bond donors (Lipinski definition) is 0. The smallest absolute Gasteiger partial charge is 0.164 e. The Bertz CT molecular complexity index is 2610. The molecular weight excluding hydrogens is 615 g/mol. The molecule has 11 rings (SSSR count). The first-order valence-electron chi connectivity index (χ1n) is 16.9. The fourth-order valence-corrected chi connectivity index (χ4v) is 7.33. The maximum absolute atomic E-state index is 6.48. The Kier molecular flexibility index (Phi) is 6.59. The standard InChI is InChI=1S/C44H29N5O/c1-4-11-28(12-5-1)39-35-25-27-19-21-31(22-20-27)43-47-42(30-15-8-3-9-16-30)48-44(49-43)33-17-10-18-37-38(33)34-26-32(23-24-36(34)50-37)40(35)46-41(45-39)29-13-6-2-7-14-29/h1-24,26,35,39H,25H2. The molecule has 0 saturated heterocycles. The third-order valence-corrected chi connectivity index (χ3v) is 9.76. The number of fused-ring (bicyclic) bond motifs is 2. The van der Waals surface area contributed by atoms with E-state index in [1.54, 1.807) is 0 Å². The van der Waals surface area contributed by atoms with Crippen molar-refractivity contribution in [2.45, 2.75) is 12.5 Å². The van der Waals surface area contributed by atoms with Gasteiger partial charge in [0.05, 0.1) is 11.8 Å². The average molecular weight is 644 g/mol. The molecule has 6 bridgehead atoms. The van der Waals surface area contributed by atoms with E-state index in [2.05, 4.69) is 91.0 Å². The molecule has 6 nitrogen and oxygen atoms in total. The van der Waals surface area contributed by atoms with Crippen molar-refractivity contribution < 1.29 is 4.42 Å². The molecule has 50 heavy (non-hydrogen) atoms. The van der Waals surface area contributed by atoms with Crippen molar-refractivity contribution in [1.82, 2.24) is 15.0 Å². The summed E-state index contributed by atoms with van der Waals surface area (Å²) < 4.78 is 6.48. The van der Waals surface area contributed by atoms with Crippen molar-refractivity contribution in [2.24, 2.45) is 15.9 Å². The van der Waals surface area contributed by atoms with Gasteiger partial charge < -0.3 is 4.42 Å². The molecule has 0 N–H and O–H groups in total. The lowest BCUT2D eigenvalue weighted by Gasteiger charge is -2.31. The molecule has 6 heteroatoms. The molecule has 6 aromatic carbocycles. The van der Waals surface area contributed by atoms with Gasteiger partial charge in [0.1, 0.15) is 11.2 Å². The first kappa shape index (κ1) is 28.5. The van der Waals surface area contributed by atoms with Gasteiger partial charge in [-0.15, -0.1) is 0 Å². The molecule has 2 atom stereocenters. The summed E-state index contributed by atoms with van der Waals surface area (Å²) in [5.41, 5.74) is 9.72. The predicted octanol–water partition coefficient (Wildman–Crippen LogP) is 9.94. The van der Waals surface area contributed by atoms with Gasteiger partial charge in [-0.2, -0.15) is 0 Å². The Morgan fingerprint density at radius 2 is 1.16 bits per heavy atom. The van der Waals surface area contributed by atoms with E-state index in [9.17, 15) is 0 Å². The van der Waals surface area contributed by atoms with Crippen LogP contribution < -0.4 is 0 Å². The Labute approximate surface area is 288 Å². The largest absolute Gasteiger partial charge is 0.456 e. The van der Waals surface area contributed by atoms with Crippen LogP contribution in [-0.2, 0) is 6.42 Å². The number of amidine groups is 1. The number of aliphatic imine (C=N–C) groups is 2. The van der Waals surface area contributed by atoms with Gasteiger partial charge in [-0.1, -0.05) is 127 Å². The van der Waals surface area contributed by atoms with E-state index in [4.69, 9.17) is 29.4 Å². The Hall–Kier alpha value is -6.53. The van der Waals surface area contributed by atoms with Crippen LogP contribution in [0.1, 0.15) is 28.3 Å². The molecular formula is C44H29N5O. The van der Waals surface area contributed by atoms with Crippen LogP contribution in [0.2, 0.25) is 0 Å². The number of hydrogen-bond acceptors (Lipinski definition) is 6. The summed E-state index contributed by atoms with van der Waals surface area (Å²) in [5.74, 6) is 2.56. The highest BCUT2D eigenvalue weighted by Gasteiger charge is 2.34. The van der Waals surface area contributed by atoms with Crippen molar-refractivity contribution in [2.75, 3.05) is 0 Å². The highest BCUT2D eigenvalue weighted by molar-refractivity contribution is 6.18. The lowest BCUT2D eigenvalue weighted by Crippen LogP contribution is -2.30. The first-order chi connectivity index (χ1) is 24.7. The normalized spacial score (nSPS) is 16.6. The molecule has 0 amide bonds. The molecule has 0 radical (unpaired) electrons. The maximum Gasteiger partial charge on any atom is 0.164 e. The van der Waals surface area contributed by atoms with Crippen LogP contribution in [-0.4, -0.2) is 26.5 Å². The monoisotopic (exact) mass is 643 g/mol. The van der Waals surface area contributed by atoms with Gasteiger partial charge in [-0.25, -0.2) is 19.9 Å². The highest BCUT2D eigenvalue weighted by Crippen LogP contribution is 2.40. The van der Waals surface area contributed by atoms with E-state index in [0.29, 0.717) is 17.5 Å². The van der Waals surface area contributed by atoms with Crippen LogP contribution in [0.3, 0.4) is 0 Å². The molecule has 0 spiro atoms. The summed E-state index contributed by atoms with van der Waals surface area (Å²) in [7, 11) is 0. The van der Waals surface area contributed by atoms with Gasteiger partial charge in [0, 0.05) is 38.9 Å². The van der Waals surface area contributed by atoms with Crippen molar-refractivity contribution in [3.05, 3.63) is 174 Å². The maximum atomic E-state index is 6.48. The minimum atomic E-state index is -0.141. The van der Waals surface area contributed by atoms with Crippen LogP contribution in [0.4, 0.5) is 0 Å². The summed E-state index contributed by atoms with van der Waals surface area (Å²) in [6.07, 6.45) is 0.747. The molecule has 2 unspecified atom stereocenters. The zero-order valence-electron chi connectivity index (χ0n) is 26.9. The van der Waals surface area contributed by atoms with E-state index < -0.39 is 0 Å². The second-order valence-electron chi connectivity index (χ2n) is 12.8. The topological polar surface area (TPSA) is 76.5 Å². The molecule has 0 aliphatic carbocycles. The molecule has 0 saturated carbocycles. The lowest BCUT2D eigenvalue weighted by atomic mass is 9.80. The zero-order valence-corrected chi connectivity index (χ0v) is 26.9. The van der Waals surface area contributed by atoms with Gasteiger partial charge in [0.25, 0.3) is 0 Å². The third-order valence-electron chi connectivity index (χ3n) is 9.76. The van der Waals surface area contributed by atoms with Crippen molar-refractivity contribution in [1.29, 1.82) is 0 Å². The van der Waals surface area contributed by atoms with Gasteiger partial charge in [-0.3, -0.25) is 4.99 Å². The van der Waals surface area contributed by atoms with Gasteiger partial charge in [0.15, 0.2) is 23.3 Å². The summed E-state index contributed by atoms with van der Waals surface area (Å²) in [5, 5.41) is 1.96. The Morgan fingerprint density at radius 1 is 0.520 bits per heavy atom. The van der Waals surface area contributed by atoms with Gasteiger partial charge in [-0.05, 0) is 47.4 Å². The second kappa shape index (κ2) is 11.6. The van der Waals surface area contributed by atoms with Crippen molar-refractivity contribution >= 4 is 33.5 Å². The minimum absolute atomic E-state index is 0.0282. The number of nitrogens with zero attached hydrogens (tertiary/aromatic N) is 5. The molecule has 8 aromatic rings. The van der Waals surface area contributed by atoms with E-state index in [1.807, 2.05) is 60.7 Å². The summed E-state index contributed by atoms with van der Waals surface area (Å²) in [6, 6.07) is 52.0. The van der Waals surface area contributed by atoms with E-state index in [0.717, 1.165) is 73.3 Å². The molecule has 5 heterocycles. The van der Waals surface area contributed by atoms with E-state index in [1.165, 1.54) is 5.56 Å². The Balaban J connectivity index is 1.26. The summed E-state index contributed by atoms with van der Waals surface area (Å²) in [6.45, 7) is 0. The molecule has 3 aliphatic heterocycles. The second-order valence-corrected chi connectivity index (χ2v) is 12.8. The third kappa shape index (κ3) is 4.84.